The van der Waals surface area contributed by atoms with Crippen molar-refractivity contribution >= 4 is 11.5 Å². The maximum Gasteiger partial charge on any atom is 0.132 e. The molecule has 2 heterocycles. The average molecular weight is 241 g/mol. The van der Waals surface area contributed by atoms with Crippen molar-refractivity contribution in [2.75, 3.05) is 5.32 Å². The Morgan fingerprint density at radius 1 is 1.44 bits per heavy atom. The van der Waals surface area contributed by atoms with E-state index in [1.54, 1.807) is 16.8 Å². The highest BCUT2D eigenvalue weighted by Gasteiger charge is 2.07. The van der Waals surface area contributed by atoms with Crippen molar-refractivity contribution in [3.8, 4) is 6.07 Å². The van der Waals surface area contributed by atoms with Crippen LogP contribution in [-0.4, -0.2) is 14.8 Å². The van der Waals surface area contributed by atoms with E-state index < -0.39 is 0 Å². The minimum Gasteiger partial charge on any atom is -0.337 e. The van der Waals surface area contributed by atoms with Gasteiger partial charge in [-0.2, -0.15) is 10.4 Å². The van der Waals surface area contributed by atoms with Crippen LogP contribution in [0.1, 0.15) is 23.9 Å². The van der Waals surface area contributed by atoms with E-state index in [-0.39, 0.29) is 0 Å². The zero-order valence-corrected chi connectivity index (χ0v) is 10.7. The summed E-state index contributed by atoms with van der Waals surface area (Å²) in [5, 5.41) is 16.5. The molecule has 5 nitrogen and oxygen atoms in total. The molecule has 18 heavy (non-hydrogen) atoms. The lowest BCUT2D eigenvalue weighted by molar-refractivity contribution is 0.746. The van der Waals surface area contributed by atoms with Gasteiger partial charge in [-0.05, 0) is 25.5 Å². The van der Waals surface area contributed by atoms with Gasteiger partial charge in [0.15, 0.2) is 0 Å². The first-order valence-corrected chi connectivity index (χ1v) is 5.80. The van der Waals surface area contributed by atoms with Gasteiger partial charge in [-0.25, -0.2) is 4.98 Å². The van der Waals surface area contributed by atoms with E-state index in [0.717, 1.165) is 23.5 Å². The van der Waals surface area contributed by atoms with Crippen LogP contribution < -0.4 is 5.32 Å². The lowest BCUT2D eigenvalue weighted by Gasteiger charge is -2.06. The van der Waals surface area contributed by atoms with Crippen LogP contribution in [0.5, 0.6) is 0 Å². The van der Waals surface area contributed by atoms with E-state index >= 15 is 0 Å². The van der Waals surface area contributed by atoms with Gasteiger partial charge < -0.3 is 5.32 Å². The number of aryl methyl sites for hydroxylation is 3. The van der Waals surface area contributed by atoms with Gasteiger partial charge in [0.2, 0.25) is 0 Å². The van der Waals surface area contributed by atoms with Crippen LogP contribution in [0.4, 0.5) is 11.5 Å². The third-order valence-electron chi connectivity index (χ3n) is 2.59. The summed E-state index contributed by atoms with van der Waals surface area (Å²) in [4.78, 5) is 4.36. The Morgan fingerprint density at radius 2 is 2.22 bits per heavy atom. The van der Waals surface area contributed by atoms with Crippen molar-refractivity contribution in [1.29, 1.82) is 5.26 Å². The number of pyridine rings is 1. The molecule has 2 aromatic rings. The predicted molar refractivity (Wildman–Crippen MR) is 69.6 cm³/mol. The maximum atomic E-state index is 8.94. The van der Waals surface area contributed by atoms with Crippen LogP contribution in [0, 0.1) is 18.3 Å². The summed E-state index contributed by atoms with van der Waals surface area (Å²) >= 11 is 0. The fraction of sp³-hybridized carbons (Fsp3) is 0.308. The molecule has 0 radical (unpaired) electrons. The molecule has 0 spiro atoms. The van der Waals surface area contributed by atoms with Crippen molar-refractivity contribution in [2.45, 2.75) is 20.3 Å². The average Bonchev–Trinajstić information content (AvgIpc) is 2.68. The number of hydrogen-bond acceptors (Lipinski definition) is 4. The van der Waals surface area contributed by atoms with Crippen LogP contribution in [0.25, 0.3) is 0 Å². The monoisotopic (exact) mass is 241 g/mol. The number of nitrogens with one attached hydrogen (secondary N) is 1. The van der Waals surface area contributed by atoms with Crippen molar-refractivity contribution in [2.24, 2.45) is 7.05 Å². The molecule has 5 heteroatoms. The molecule has 2 aromatic heterocycles. The highest BCUT2D eigenvalue weighted by Crippen LogP contribution is 2.20. The zero-order valence-electron chi connectivity index (χ0n) is 10.7. The Labute approximate surface area is 106 Å². The van der Waals surface area contributed by atoms with Crippen molar-refractivity contribution in [3.63, 3.8) is 0 Å². The maximum absolute atomic E-state index is 8.94. The molecule has 0 aliphatic carbocycles. The molecule has 0 unspecified atom stereocenters. The summed E-state index contributed by atoms with van der Waals surface area (Å²) in [6.07, 6.45) is 2.76. The topological polar surface area (TPSA) is 66.5 Å². The zero-order chi connectivity index (χ0) is 13.1. The van der Waals surface area contributed by atoms with Gasteiger partial charge in [-0.15, -0.1) is 0 Å². The molecule has 0 fully saturated rings. The van der Waals surface area contributed by atoms with Gasteiger partial charge in [0, 0.05) is 18.9 Å². The van der Waals surface area contributed by atoms with Gasteiger partial charge in [-0.1, -0.05) is 6.92 Å². The van der Waals surface area contributed by atoms with Crippen molar-refractivity contribution in [3.05, 3.63) is 35.3 Å². The summed E-state index contributed by atoms with van der Waals surface area (Å²) in [5.41, 5.74) is 3.34. The molecule has 0 amide bonds. The number of aromatic nitrogens is 3. The molecular weight excluding hydrogens is 226 g/mol. The number of hydrogen-bond donors (Lipinski definition) is 1. The van der Waals surface area contributed by atoms with Crippen LogP contribution in [0.15, 0.2) is 18.3 Å². The molecule has 0 aromatic carbocycles. The highest BCUT2D eigenvalue weighted by molar-refractivity contribution is 5.59. The molecule has 0 aliphatic rings. The first-order valence-electron chi connectivity index (χ1n) is 5.80. The number of rotatable bonds is 3. The van der Waals surface area contributed by atoms with Crippen LogP contribution in [0.2, 0.25) is 0 Å². The molecule has 0 aliphatic heterocycles. The molecule has 2 rings (SSSR count). The van der Waals surface area contributed by atoms with E-state index in [4.69, 9.17) is 5.26 Å². The Bertz CT molecular complexity index is 606. The highest BCUT2D eigenvalue weighted by atomic mass is 15.3. The van der Waals surface area contributed by atoms with Gasteiger partial charge in [0.25, 0.3) is 0 Å². The lowest BCUT2D eigenvalue weighted by atomic mass is 10.2. The summed E-state index contributed by atoms with van der Waals surface area (Å²) in [5.74, 6) is 0.675. The Kier molecular flexibility index (Phi) is 3.28. The van der Waals surface area contributed by atoms with E-state index in [2.05, 4.69) is 28.4 Å². The second-order valence-electron chi connectivity index (χ2n) is 4.14. The number of anilines is 2. The van der Waals surface area contributed by atoms with Gasteiger partial charge >= 0.3 is 0 Å². The first kappa shape index (κ1) is 12.1. The molecule has 0 atom stereocenters. The van der Waals surface area contributed by atoms with E-state index in [1.165, 1.54) is 0 Å². The second-order valence-corrected chi connectivity index (χ2v) is 4.14. The minimum atomic E-state index is 0.604. The molecule has 0 saturated heterocycles. The van der Waals surface area contributed by atoms with Gasteiger partial charge in [-0.3, -0.25) is 4.68 Å². The van der Waals surface area contributed by atoms with E-state index in [9.17, 15) is 0 Å². The Morgan fingerprint density at radius 3 is 2.89 bits per heavy atom. The molecule has 92 valence electrons. The van der Waals surface area contributed by atoms with E-state index in [0.29, 0.717) is 11.4 Å². The first-order chi connectivity index (χ1) is 8.62. The van der Waals surface area contributed by atoms with Crippen molar-refractivity contribution in [1.82, 2.24) is 14.8 Å². The SMILES string of the molecule is CCc1nn(C)cc1Nc1cc(C#N)cc(C)n1. The normalized spacial score (nSPS) is 10.1. The summed E-state index contributed by atoms with van der Waals surface area (Å²) in [7, 11) is 1.88. The molecular formula is C13H15N5. The third kappa shape index (κ3) is 2.48. The third-order valence-corrected chi connectivity index (χ3v) is 2.59. The summed E-state index contributed by atoms with van der Waals surface area (Å²) in [6, 6.07) is 5.62. The smallest absolute Gasteiger partial charge is 0.132 e. The van der Waals surface area contributed by atoms with Crippen molar-refractivity contribution < 1.29 is 0 Å². The molecule has 0 saturated carbocycles. The van der Waals surface area contributed by atoms with Gasteiger partial charge in [0.05, 0.1) is 23.0 Å². The van der Waals surface area contributed by atoms with Crippen LogP contribution in [-0.2, 0) is 13.5 Å². The minimum absolute atomic E-state index is 0.604. The largest absolute Gasteiger partial charge is 0.337 e. The molecule has 1 N–H and O–H groups in total. The molecule has 0 bridgehead atoms. The van der Waals surface area contributed by atoms with Gasteiger partial charge in [0.1, 0.15) is 5.82 Å². The number of nitriles is 1. The Hall–Kier alpha value is -2.35. The quantitative estimate of drug-likeness (QED) is 0.895. The number of nitrogens with zero attached hydrogens (tertiary/aromatic N) is 4. The second kappa shape index (κ2) is 4.88. The summed E-state index contributed by atoms with van der Waals surface area (Å²) < 4.78 is 1.77. The fourth-order valence-corrected chi connectivity index (χ4v) is 1.84. The lowest BCUT2D eigenvalue weighted by Crippen LogP contribution is -1.97. The van der Waals surface area contributed by atoms with Crippen LogP contribution in [0.3, 0.4) is 0 Å². The predicted octanol–water partition coefficient (Wildman–Crippen LogP) is 2.30. The van der Waals surface area contributed by atoms with E-state index in [1.807, 2.05) is 20.2 Å². The standard InChI is InChI=1S/C13H15N5/c1-4-11-12(8-18(3)17-11)16-13-6-10(7-14)5-9(2)15-13/h5-6,8H,4H2,1-3H3,(H,15,16). The fourth-order valence-electron chi connectivity index (χ4n) is 1.84. The summed E-state index contributed by atoms with van der Waals surface area (Å²) in [6.45, 7) is 3.92. The van der Waals surface area contributed by atoms with Crippen LogP contribution >= 0.6 is 0 Å². The Balaban J connectivity index is 2.34.